The smallest absolute Gasteiger partial charge is 0.339 e. The summed E-state index contributed by atoms with van der Waals surface area (Å²) in [4.78, 5) is 36.9. The van der Waals surface area contributed by atoms with Crippen LogP contribution in [-0.4, -0.2) is 57.2 Å². The van der Waals surface area contributed by atoms with E-state index >= 15 is 0 Å². The summed E-state index contributed by atoms with van der Waals surface area (Å²) in [6, 6.07) is 0. The van der Waals surface area contributed by atoms with Gasteiger partial charge in [-0.3, -0.25) is 9.59 Å². The van der Waals surface area contributed by atoms with Gasteiger partial charge in [0.1, 0.15) is 5.56 Å². The standard InChI is InChI=1S/C22H27F3N6O2/c1-14-12-26-21(27-13-14)31-10-8-30(9-11-31)17(32)7-3-5-15-4-2-6-16-18(22(23,24)25)20(33)29-28-19(15)16/h12-13,15H,2-11H2,1H3,(H,29,33)/t15-/m1/s1. The largest absolute Gasteiger partial charge is 0.422 e. The molecule has 2 aromatic heterocycles. The number of piperazine rings is 1. The number of nitrogens with one attached hydrogen (secondary N) is 1. The molecule has 0 saturated carbocycles. The number of halogens is 3. The lowest BCUT2D eigenvalue weighted by Crippen LogP contribution is -2.49. The number of fused-ring (bicyclic) bond motifs is 1. The van der Waals surface area contributed by atoms with Gasteiger partial charge in [0.25, 0.3) is 5.56 Å². The minimum atomic E-state index is -4.70. The summed E-state index contributed by atoms with van der Waals surface area (Å²) in [5.41, 5.74) is -0.976. The van der Waals surface area contributed by atoms with Crippen molar-refractivity contribution in [2.75, 3.05) is 31.1 Å². The first-order chi connectivity index (χ1) is 15.7. The second kappa shape index (κ2) is 9.48. The average molecular weight is 464 g/mol. The van der Waals surface area contributed by atoms with Crippen molar-refractivity contribution >= 4 is 11.9 Å². The minimum absolute atomic E-state index is 0.0169. The van der Waals surface area contributed by atoms with Crippen LogP contribution >= 0.6 is 0 Å². The molecule has 0 spiro atoms. The van der Waals surface area contributed by atoms with E-state index in [1.165, 1.54) is 0 Å². The Morgan fingerprint density at radius 3 is 2.55 bits per heavy atom. The Bertz CT molecular complexity index is 1050. The molecule has 1 aliphatic heterocycles. The number of hydrogen-bond acceptors (Lipinski definition) is 6. The van der Waals surface area contributed by atoms with Crippen LogP contribution in [0.15, 0.2) is 17.2 Å². The number of rotatable bonds is 5. The predicted molar refractivity (Wildman–Crippen MR) is 115 cm³/mol. The first-order valence-electron chi connectivity index (χ1n) is 11.2. The number of aryl methyl sites for hydroxylation is 1. The molecule has 0 radical (unpaired) electrons. The maximum absolute atomic E-state index is 13.4. The van der Waals surface area contributed by atoms with Gasteiger partial charge in [-0.2, -0.15) is 18.3 Å². The first-order valence-corrected chi connectivity index (χ1v) is 11.2. The summed E-state index contributed by atoms with van der Waals surface area (Å²) in [5, 5.41) is 5.97. The third-order valence-corrected chi connectivity index (χ3v) is 6.39. The molecule has 1 amide bonds. The Hall–Kier alpha value is -2.98. The number of hydrogen-bond donors (Lipinski definition) is 1. The van der Waals surface area contributed by atoms with Crippen LogP contribution in [0, 0.1) is 6.92 Å². The van der Waals surface area contributed by atoms with Crippen LogP contribution < -0.4 is 10.5 Å². The fourth-order valence-electron chi connectivity index (χ4n) is 4.70. The number of amides is 1. The number of aromatic amines is 1. The summed E-state index contributed by atoms with van der Waals surface area (Å²) in [7, 11) is 0. The molecule has 3 heterocycles. The van der Waals surface area contributed by atoms with E-state index in [-0.39, 0.29) is 23.8 Å². The van der Waals surface area contributed by atoms with Gasteiger partial charge in [0.05, 0.1) is 5.69 Å². The lowest BCUT2D eigenvalue weighted by molar-refractivity contribution is -0.139. The van der Waals surface area contributed by atoms with Gasteiger partial charge in [0, 0.05) is 50.9 Å². The van der Waals surface area contributed by atoms with Gasteiger partial charge < -0.3 is 9.80 Å². The highest BCUT2D eigenvalue weighted by Gasteiger charge is 2.40. The van der Waals surface area contributed by atoms with Crippen molar-refractivity contribution in [1.82, 2.24) is 25.1 Å². The normalized spacial score (nSPS) is 18.8. The van der Waals surface area contributed by atoms with Crippen molar-refractivity contribution in [2.24, 2.45) is 0 Å². The molecule has 1 fully saturated rings. The third-order valence-electron chi connectivity index (χ3n) is 6.39. The number of anilines is 1. The fourth-order valence-corrected chi connectivity index (χ4v) is 4.70. The van der Waals surface area contributed by atoms with Gasteiger partial charge in [-0.05, 0) is 50.2 Å². The van der Waals surface area contributed by atoms with Crippen LogP contribution in [0.25, 0.3) is 0 Å². The van der Waals surface area contributed by atoms with Crippen molar-refractivity contribution in [3.05, 3.63) is 45.1 Å². The quantitative estimate of drug-likeness (QED) is 0.731. The number of carbonyl (C=O) groups excluding carboxylic acids is 1. The zero-order valence-electron chi connectivity index (χ0n) is 18.5. The topological polar surface area (TPSA) is 95.1 Å². The number of aromatic nitrogens is 4. The van der Waals surface area contributed by atoms with Gasteiger partial charge >= 0.3 is 6.18 Å². The second-order valence-corrected chi connectivity index (χ2v) is 8.70. The maximum atomic E-state index is 13.4. The molecule has 0 unspecified atom stereocenters. The summed E-state index contributed by atoms with van der Waals surface area (Å²) in [6.07, 6.45) is 1.77. The third kappa shape index (κ3) is 5.17. The highest BCUT2D eigenvalue weighted by atomic mass is 19.4. The van der Waals surface area contributed by atoms with E-state index in [1.807, 2.05) is 21.8 Å². The fraction of sp³-hybridized carbons (Fsp3) is 0.591. The Morgan fingerprint density at radius 2 is 1.88 bits per heavy atom. The molecule has 2 aliphatic rings. The number of H-pyrrole nitrogens is 1. The van der Waals surface area contributed by atoms with Crippen molar-refractivity contribution in [2.45, 2.75) is 57.5 Å². The molecule has 11 heteroatoms. The average Bonchev–Trinajstić information content (AvgIpc) is 2.78. The Balaban J connectivity index is 1.31. The van der Waals surface area contributed by atoms with E-state index in [0.717, 1.165) is 5.56 Å². The molecular formula is C22H27F3N6O2. The molecule has 0 bridgehead atoms. The van der Waals surface area contributed by atoms with Crippen molar-refractivity contribution < 1.29 is 18.0 Å². The molecular weight excluding hydrogens is 437 g/mol. The van der Waals surface area contributed by atoms with Gasteiger partial charge in [-0.25, -0.2) is 15.1 Å². The summed E-state index contributed by atoms with van der Waals surface area (Å²) in [6.45, 7) is 4.40. The second-order valence-electron chi connectivity index (χ2n) is 8.70. The van der Waals surface area contributed by atoms with Gasteiger partial charge in [0.2, 0.25) is 11.9 Å². The van der Waals surface area contributed by atoms with Crippen molar-refractivity contribution in [3.8, 4) is 0 Å². The van der Waals surface area contributed by atoms with E-state index in [1.54, 1.807) is 12.4 Å². The van der Waals surface area contributed by atoms with Crippen molar-refractivity contribution in [1.29, 1.82) is 0 Å². The molecule has 1 aliphatic carbocycles. The molecule has 33 heavy (non-hydrogen) atoms. The maximum Gasteiger partial charge on any atom is 0.422 e. The summed E-state index contributed by atoms with van der Waals surface area (Å²) in [5.74, 6) is 0.517. The highest BCUT2D eigenvalue weighted by molar-refractivity contribution is 5.76. The zero-order valence-corrected chi connectivity index (χ0v) is 18.5. The summed E-state index contributed by atoms with van der Waals surface area (Å²) < 4.78 is 40.1. The Kier molecular flexibility index (Phi) is 6.66. The lowest BCUT2D eigenvalue weighted by Gasteiger charge is -2.35. The van der Waals surface area contributed by atoms with Gasteiger partial charge in [-0.15, -0.1) is 0 Å². The SMILES string of the molecule is Cc1cnc(N2CCN(C(=O)CCC[C@H]3CCCc4c3n[nH]c(=O)c4C(F)(F)F)CC2)nc1. The predicted octanol–water partition coefficient (Wildman–Crippen LogP) is 2.83. The number of carbonyl (C=O) groups is 1. The molecule has 8 nitrogen and oxygen atoms in total. The lowest BCUT2D eigenvalue weighted by atomic mass is 9.82. The van der Waals surface area contributed by atoms with Gasteiger partial charge in [0.15, 0.2) is 0 Å². The minimum Gasteiger partial charge on any atom is -0.339 e. The molecule has 2 aromatic rings. The van der Waals surface area contributed by atoms with Gasteiger partial charge in [-0.1, -0.05) is 0 Å². The van der Waals surface area contributed by atoms with Crippen LogP contribution in [-0.2, 0) is 17.4 Å². The van der Waals surface area contributed by atoms with E-state index in [9.17, 15) is 22.8 Å². The van der Waals surface area contributed by atoms with E-state index in [4.69, 9.17) is 0 Å². The van der Waals surface area contributed by atoms with E-state index in [0.29, 0.717) is 69.9 Å². The molecule has 1 saturated heterocycles. The number of nitrogens with zero attached hydrogens (tertiary/aromatic N) is 5. The molecule has 1 atom stereocenters. The zero-order chi connectivity index (χ0) is 23.6. The first kappa shape index (κ1) is 23.2. The van der Waals surface area contributed by atoms with Crippen molar-refractivity contribution in [3.63, 3.8) is 0 Å². The van der Waals surface area contributed by atoms with E-state index in [2.05, 4.69) is 15.1 Å². The Labute approximate surface area is 189 Å². The molecule has 4 rings (SSSR count). The van der Waals surface area contributed by atoms with Crippen LogP contribution in [0.3, 0.4) is 0 Å². The van der Waals surface area contributed by atoms with Crippen LogP contribution in [0.5, 0.6) is 0 Å². The molecule has 178 valence electrons. The van der Waals surface area contributed by atoms with Crippen LogP contribution in [0.4, 0.5) is 19.1 Å². The molecule has 0 aromatic carbocycles. The Morgan fingerprint density at radius 1 is 1.18 bits per heavy atom. The monoisotopic (exact) mass is 464 g/mol. The van der Waals surface area contributed by atoms with Crippen LogP contribution in [0.1, 0.15) is 60.4 Å². The highest BCUT2D eigenvalue weighted by Crippen LogP contribution is 2.38. The summed E-state index contributed by atoms with van der Waals surface area (Å²) >= 11 is 0. The molecule has 1 N–H and O–H groups in total. The van der Waals surface area contributed by atoms with Crippen LogP contribution in [0.2, 0.25) is 0 Å². The van der Waals surface area contributed by atoms with E-state index < -0.39 is 17.3 Å². The number of alkyl halides is 3.